The number of amides is 2. The Morgan fingerprint density at radius 2 is 1.62 bits per heavy atom. The van der Waals surface area contributed by atoms with Crippen molar-refractivity contribution < 1.29 is 19.1 Å². The average molecular weight is 438 g/mol. The van der Waals surface area contributed by atoms with Gasteiger partial charge in [0.2, 0.25) is 11.8 Å². The molecule has 2 amide bonds. The number of nitrogens with zero attached hydrogens (tertiary/aromatic N) is 2. The van der Waals surface area contributed by atoms with Gasteiger partial charge >= 0.3 is 0 Å². The highest BCUT2D eigenvalue weighted by Gasteiger charge is 2.21. The molecule has 2 aromatic carbocycles. The van der Waals surface area contributed by atoms with Crippen LogP contribution in [0.3, 0.4) is 0 Å². The number of aromatic amines is 1. The number of rotatable bonds is 12. The minimum absolute atomic E-state index is 0.00767. The Hall–Kier alpha value is -3.16. The van der Waals surface area contributed by atoms with Gasteiger partial charge in [-0.25, -0.2) is 0 Å². The summed E-state index contributed by atoms with van der Waals surface area (Å²) in [5.74, 6) is -0.330. The Bertz CT molecular complexity index is 1000. The lowest BCUT2D eigenvalue weighted by molar-refractivity contribution is -0.143. The van der Waals surface area contributed by atoms with E-state index >= 15 is 0 Å². The summed E-state index contributed by atoms with van der Waals surface area (Å²) in [5.41, 5.74) is 3.30. The molecule has 7 heteroatoms. The van der Waals surface area contributed by atoms with Crippen LogP contribution in [0.15, 0.2) is 60.8 Å². The van der Waals surface area contributed by atoms with Crippen molar-refractivity contribution in [1.82, 2.24) is 14.8 Å². The molecule has 0 aliphatic rings. The van der Waals surface area contributed by atoms with Crippen LogP contribution in [0.4, 0.5) is 0 Å². The molecule has 3 aromatic rings. The minimum Gasteiger partial charge on any atom is -0.383 e. The van der Waals surface area contributed by atoms with Gasteiger partial charge in [-0.1, -0.05) is 48.5 Å². The van der Waals surface area contributed by atoms with Crippen molar-refractivity contribution in [1.29, 1.82) is 0 Å². The summed E-state index contributed by atoms with van der Waals surface area (Å²) in [6.45, 7) is 1.66. The highest BCUT2D eigenvalue weighted by molar-refractivity contribution is 5.86. The molecule has 0 radical (unpaired) electrons. The first-order chi connectivity index (χ1) is 15.6. The second-order valence-corrected chi connectivity index (χ2v) is 7.65. The lowest BCUT2D eigenvalue weighted by Gasteiger charge is -2.28. The fourth-order valence-electron chi connectivity index (χ4n) is 3.66. The van der Waals surface area contributed by atoms with Crippen LogP contribution in [0.2, 0.25) is 0 Å². The third-order valence-corrected chi connectivity index (χ3v) is 5.41. The number of methoxy groups -OCH3 is 2. The van der Waals surface area contributed by atoms with Crippen LogP contribution in [0.5, 0.6) is 0 Å². The molecule has 0 fully saturated rings. The first kappa shape index (κ1) is 23.5. The number of ether oxygens (including phenoxy) is 2. The van der Waals surface area contributed by atoms with Gasteiger partial charge in [-0.05, 0) is 23.6 Å². The molecule has 0 saturated carbocycles. The van der Waals surface area contributed by atoms with Crippen molar-refractivity contribution in [3.63, 3.8) is 0 Å². The van der Waals surface area contributed by atoms with E-state index in [-0.39, 0.29) is 25.0 Å². The number of benzene rings is 2. The van der Waals surface area contributed by atoms with Gasteiger partial charge in [0.25, 0.3) is 0 Å². The molecule has 0 aliphatic carbocycles. The van der Waals surface area contributed by atoms with Crippen LogP contribution >= 0.6 is 0 Å². The molecule has 170 valence electrons. The van der Waals surface area contributed by atoms with Crippen LogP contribution in [-0.2, 0) is 32.0 Å². The van der Waals surface area contributed by atoms with Crippen molar-refractivity contribution >= 4 is 22.7 Å². The smallest absolute Gasteiger partial charge is 0.249 e. The van der Waals surface area contributed by atoms with Crippen LogP contribution in [0, 0.1) is 0 Å². The highest BCUT2D eigenvalue weighted by atomic mass is 16.5. The molecule has 0 saturated heterocycles. The lowest BCUT2D eigenvalue weighted by atomic mass is 10.1. The van der Waals surface area contributed by atoms with E-state index in [1.54, 1.807) is 7.11 Å². The quantitative estimate of drug-likeness (QED) is 0.473. The van der Waals surface area contributed by atoms with Gasteiger partial charge in [-0.3, -0.25) is 9.59 Å². The number of H-pyrrole nitrogens is 1. The van der Waals surface area contributed by atoms with Gasteiger partial charge in [0.1, 0.15) is 6.61 Å². The summed E-state index contributed by atoms with van der Waals surface area (Å²) in [6.07, 6.45) is 2.72. The topological polar surface area (TPSA) is 74.9 Å². The zero-order chi connectivity index (χ0) is 22.8. The molecule has 0 spiro atoms. The Morgan fingerprint density at radius 3 is 2.38 bits per heavy atom. The summed E-state index contributed by atoms with van der Waals surface area (Å²) >= 11 is 0. The Balaban J connectivity index is 1.74. The maximum Gasteiger partial charge on any atom is 0.249 e. The number of carbonyl (C=O) groups excluding carboxylic acids is 2. The molecule has 3 rings (SSSR count). The van der Waals surface area contributed by atoms with Gasteiger partial charge in [-0.15, -0.1) is 0 Å². The second-order valence-electron chi connectivity index (χ2n) is 7.65. The van der Waals surface area contributed by atoms with E-state index in [0.717, 1.165) is 22.0 Å². The molecular formula is C25H31N3O4. The number of fused-ring (bicyclic) bond motifs is 1. The third kappa shape index (κ3) is 6.42. The highest BCUT2D eigenvalue weighted by Crippen LogP contribution is 2.19. The molecule has 0 unspecified atom stereocenters. The number of aromatic nitrogens is 1. The van der Waals surface area contributed by atoms with Gasteiger partial charge < -0.3 is 24.3 Å². The third-order valence-electron chi connectivity index (χ3n) is 5.41. The number of para-hydroxylation sites is 1. The van der Waals surface area contributed by atoms with Crippen LogP contribution in [0.1, 0.15) is 11.1 Å². The van der Waals surface area contributed by atoms with E-state index in [0.29, 0.717) is 32.7 Å². The van der Waals surface area contributed by atoms with Gasteiger partial charge in [-0.2, -0.15) is 0 Å². The Kier molecular flexibility index (Phi) is 8.83. The van der Waals surface area contributed by atoms with Crippen molar-refractivity contribution in [3.8, 4) is 0 Å². The monoisotopic (exact) mass is 437 g/mol. The summed E-state index contributed by atoms with van der Waals surface area (Å²) in [4.78, 5) is 32.3. The molecule has 7 nitrogen and oxygen atoms in total. The fourth-order valence-corrected chi connectivity index (χ4v) is 3.66. The van der Waals surface area contributed by atoms with E-state index in [9.17, 15) is 9.59 Å². The van der Waals surface area contributed by atoms with Crippen molar-refractivity contribution in [2.24, 2.45) is 0 Å². The van der Waals surface area contributed by atoms with Crippen LogP contribution < -0.4 is 0 Å². The minimum atomic E-state index is -0.228. The zero-order valence-corrected chi connectivity index (χ0v) is 18.8. The lowest BCUT2D eigenvalue weighted by Crippen LogP contribution is -2.45. The van der Waals surface area contributed by atoms with Gasteiger partial charge in [0, 0.05) is 51.0 Å². The molecule has 0 bridgehead atoms. The number of hydrogen-bond acceptors (Lipinski definition) is 4. The number of nitrogens with one attached hydrogen (secondary N) is 1. The largest absolute Gasteiger partial charge is 0.383 e. The van der Waals surface area contributed by atoms with Crippen LogP contribution in [0.25, 0.3) is 10.9 Å². The molecule has 1 heterocycles. The van der Waals surface area contributed by atoms with Gasteiger partial charge in [0.15, 0.2) is 0 Å². The van der Waals surface area contributed by atoms with Gasteiger partial charge in [0.05, 0.1) is 13.2 Å². The van der Waals surface area contributed by atoms with Crippen molar-refractivity contribution in [3.05, 3.63) is 71.9 Å². The predicted octanol–water partition coefficient (Wildman–Crippen LogP) is 2.86. The standard InChI is InChI=1S/C25H31N3O4/c1-31-15-14-28(25(30)19-32-2)18-24(29)27(17-20-8-4-3-5-9-20)13-12-21-16-26-23-11-7-6-10-22(21)23/h3-11,16,26H,12-15,17-19H2,1-2H3. The predicted molar refractivity (Wildman–Crippen MR) is 124 cm³/mol. The molecule has 0 atom stereocenters. The summed E-state index contributed by atoms with van der Waals surface area (Å²) < 4.78 is 10.1. The normalized spacial score (nSPS) is 10.9. The van der Waals surface area contributed by atoms with E-state index < -0.39 is 0 Å². The average Bonchev–Trinajstić information content (AvgIpc) is 3.23. The van der Waals surface area contributed by atoms with E-state index in [4.69, 9.17) is 9.47 Å². The first-order valence-corrected chi connectivity index (χ1v) is 10.7. The molecular weight excluding hydrogens is 406 g/mol. The van der Waals surface area contributed by atoms with E-state index in [1.807, 2.05) is 59.6 Å². The Labute approximate surface area is 188 Å². The van der Waals surface area contributed by atoms with Crippen molar-refractivity contribution in [2.75, 3.05) is 47.1 Å². The Morgan fingerprint density at radius 1 is 0.875 bits per heavy atom. The molecule has 0 aliphatic heterocycles. The number of hydrogen-bond donors (Lipinski definition) is 1. The SMILES string of the molecule is COCCN(CC(=O)N(CCc1c[nH]c2ccccc12)Cc1ccccc1)C(=O)COC. The molecule has 1 N–H and O–H groups in total. The summed E-state index contributed by atoms with van der Waals surface area (Å²) in [7, 11) is 3.04. The number of carbonyl (C=O) groups is 2. The van der Waals surface area contributed by atoms with E-state index in [2.05, 4.69) is 11.1 Å². The maximum atomic E-state index is 13.3. The van der Waals surface area contributed by atoms with Crippen molar-refractivity contribution in [2.45, 2.75) is 13.0 Å². The maximum absolute atomic E-state index is 13.3. The van der Waals surface area contributed by atoms with E-state index in [1.165, 1.54) is 12.0 Å². The molecule has 1 aromatic heterocycles. The zero-order valence-electron chi connectivity index (χ0n) is 18.8. The molecule has 32 heavy (non-hydrogen) atoms. The first-order valence-electron chi connectivity index (χ1n) is 10.7. The summed E-state index contributed by atoms with van der Waals surface area (Å²) in [6, 6.07) is 18.0. The fraction of sp³-hybridized carbons (Fsp3) is 0.360. The second kappa shape index (κ2) is 12.0. The van der Waals surface area contributed by atoms with Crippen LogP contribution in [-0.4, -0.2) is 73.7 Å². The summed E-state index contributed by atoms with van der Waals surface area (Å²) in [5, 5.41) is 1.16.